The van der Waals surface area contributed by atoms with E-state index < -0.39 is 0 Å². The van der Waals surface area contributed by atoms with Gasteiger partial charge in [-0.05, 0) is 49.4 Å². The van der Waals surface area contributed by atoms with Crippen molar-refractivity contribution < 1.29 is 9.53 Å². The van der Waals surface area contributed by atoms with Gasteiger partial charge in [-0.2, -0.15) is 16.9 Å². The molecule has 3 aromatic rings. The van der Waals surface area contributed by atoms with E-state index in [0.717, 1.165) is 39.7 Å². The number of carbonyl (C=O) groups is 1. The van der Waals surface area contributed by atoms with E-state index >= 15 is 0 Å². The number of nitrogens with one attached hydrogen (secondary N) is 1. The van der Waals surface area contributed by atoms with Crippen LogP contribution in [0.5, 0.6) is 5.75 Å². The van der Waals surface area contributed by atoms with Crippen molar-refractivity contribution in [3.63, 3.8) is 0 Å². The molecule has 1 aromatic heterocycles. The molecule has 152 valence electrons. The number of thioether (sulfide) groups is 1. The van der Waals surface area contributed by atoms with E-state index in [4.69, 9.17) is 14.8 Å². The third-order valence-corrected chi connectivity index (χ3v) is 6.74. The fraction of sp³-hybridized carbons (Fsp3) is 0.227. The SMILES string of the molecule is Cc1ccc(N=c2scc(-c3ccc4c(c3)NC(=O)CO4)n2/N=C2\CCSC2)cc1. The standard InChI is InChI=1S/C22H20N4O2S2/c1-14-2-5-16(6-3-14)23-22-26(25-17-8-9-29-12-17)19(13-30-22)15-4-7-20-18(10-15)24-21(27)11-28-20/h2-7,10,13H,8-9,11-12H2,1H3,(H,24,27)/b23-22?,25-17+. The van der Waals surface area contributed by atoms with Gasteiger partial charge in [0.05, 0.1) is 17.1 Å². The Bertz CT molecular complexity index is 1200. The molecule has 2 aliphatic rings. The summed E-state index contributed by atoms with van der Waals surface area (Å²) in [5.41, 5.74) is 5.85. The van der Waals surface area contributed by atoms with Crippen LogP contribution in [-0.2, 0) is 4.79 Å². The minimum Gasteiger partial charge on any atom is -0.482 e. The molecule has 8 heteroatoms. The van der Waals surface area contributed by atoms with Crippen LogP contribution in [0.4, 0.5) is 11.4 Å². The number of carbonyl (C=O) groups excluding carboxylic acids is 1. The maximum atomic E-state index is 11.7. The van der Waals surface area contributed by atoms with E-state index in [9.17, 15) is 4.79 Å². The molecule has 30 heavy (non-hydrogen) atoms. The molecule has 0 aliphatic carbocycles. The van der Waals surface area contributed by atoms with Crippen LogP contribution in [0.3, 0.4) is 0 Å². The van der Waals surface area contributed by atoms with Gasteiger partial charge < -0.3 is 10.1 Å². The maximum Gasteiger partial charge on any atom is 0.262 e. The Hall–Kier alpha value is -2.84. The molecule has 1 amide bonds. The Labute approximate surface area is 182 Å². The van der Waals surface area contributed by atoms with Gasteiger partial charge in [0.2, 0.25) is 4.80 Å². The van der Waals surface area contributed by atoms with Gasteiger partial charge in [0.1, 0.15) is 5.75 Å². The maximum absolute atomic E-state index is 11.7. The van der Waals surface area contributed by atoms with Crippen LogP contribution in [0, 0.1) is 6.92 Å². The van der Waals surface area contributed by atoms with Gasteiger partial charge in [0.25, 0.3) is 5.91 Å². The highest BCUT2D eigenvalue weighted by molar-refractivity contribution is 8.00. The molecule has 0 radical (unpaired) electrons. The average molecular weight is 437 g/mol. The largest absolute Gasteiger partial charge is 0.482 e. The summed E-state index contributed by atoms with van der Waals surface area (Å²) in [6.45, 7) is 2.12. The van der Waals surface area contributed by atoms with Gasteiger partial charge in [-0.25, -0.2) is 9.67 Å². The van der Waals surface area contributed by atoms with Crippen LogP contribution in [-0.4, -0.2) is 34.4 Å². The summed E-state index contributed by atoms with van der Waals surface area (Å²) in [4.78, 5) is 17.4. The van der Waals surface area contributed by atoms with Crippen molar-refractivity contribution in [3.8, 4) is 17.0 Å². The van der Waals surface area contributed by atoms with E-state index in [1.165, 1.54) is 11.3 Å². The summed E-state index contributed by atoms with van der Waals surface area (Å²) >= 11 is 3.46. The van der Waals surface area contributed by atoms with Crippen LogP contribution >= 0.6 is 23.1 Å². The number of rotatable bonds is 3. The highest BCUT2D eigenvalue weighted by Gasteiger charge is 2.18. The molecule has 3 heterocycles. The van der Waals surface area contributed by atoms with Crippen molar-refractivity contribution in [2.24, 2.45) is 10.1 Å². The van der Waals surface area contributed by atoms with E-state index in [-0.39, 0.29) is 12.5 Å². The smallest absolute Gasteiger partial charge is 0.262 e. The Morgan fingerprint density at radius 3 is 2.83 bits per heavy atom. The first-order valence-electron chi connectivity index (χ1n) is 9.69. The number of nitrogens with zero attached hydrogens (tertiary/aromatic N) is 3. The Balaban J connectivity index is 1.63. The minimum atomic E-state index is -0.142. The number of anilines is 1. The lowest BCUT2D eigenvalue weighted by atomic mass is 10.1. The Morgan fingerprint density at radius 1 is 1.17 bits per heavy atom. The molecule has 6 nitrogen and oxygen atoms in total. The molecule has 0 atom stereocenters. The highest BCUT2D eigenvalue weighted by Crippen LogP contribution is 2.33. The number of ether oxygens (including phenoxy) is 1. The molecule has 5 rings (SSSR count). The number of aromatic nitrogens is 1. The van der Waals surface area contributed by atoms with Gasteiger partial charge in [-0.3, -0.25) is 4.79 Å². The molecule has 1 fully saturated rings. The molecule has 0 unspecified atom stereocenters. The lowest BCUT2D eigenvalue weighted by Crippen LogP contribution is -2.25. The predicted octanol–water partition coefficient (Wildman–Crippen LogP) is 4.43. The second-order valence-electron chi connectivity index (χ2n) is 7.18. The first kappa shape index (κ1) is 19.1. The summed E-state index contributed by atoms with van der Waals surface area (Å²) in [5, 5.41) is 9.89. The summed E-state index contributed by atoms with van der Waals surface area (Å²) in [5.74, 6) is 2.59. The molecule has 1 N–H and O–H groups in total. The molecule has 0 bridgehead atoms. The quantitative estimate of drug-likeness (QED) is 0.660. The van der Waals surface area contributed by atoms with Crippen molar-refractivity contribution in [2.75, 3.05) is 23.4 Å². The summed E-state index contributed by atoms with van der Waals surface area (Å²) in [6.07, 6.45) is 0.991. The first-order chi connectivity index (χ1) is 14.7. The van der Waals surface area contributed by atoms with Crippen LogP contribution < -0.4 is 14.9 Å². The summed E-state index contributed by atoms with van der Waals surface area (Å²) in [6, 6.07) is 14.0. The fourth-order valence-corrected chi connectivity index (χ4v) is 5.13. The Morgan fingerprint density at radius 2 is 2.03 bits per heavy atom. The number of amides is 1. The van der Waals surface area contributed by atoms with Gasteiger partial charge in [0, 0.05) is 22.4 Å². The average Bonchev–Trinajstić information content (AvgIpc) is 3.40. The molecule has 2 aliphatic heterocycles. The van der Waals surface area contributed by atoms with Crippen LogP contribution in [0.25, 0.3) is 11.3 Å². The van der Waals surface area contributed by atoms with Crippen LogP contribution in [0.2, 0.25) is 0 Å². The van der Waals surface area contributed by atoms with E-state index in [2.05, 4.69) is 29.8 Å². The second-order valence-corrected chi connectivity index (χ2v) is 9.12. The third kappa shape index (κ3) is 3.93. The van der Waals surface area contributed by atoms with Gasteiger partial charge in [-0.1, -0.05) is 17.7 Å². The first-order valence-corrected chi connectivity index (χ1v) is 11.7. The number of thiazole rings is 1. The van der Waals surface area contributed by atoms with Crippen molar-refractivity contribution >= 4 is 46.1 Å². The number of aryl methyl sites for hydroxylation is 1. The zero-order chi connectivity index (χ0) is 20.5. The normalized spacial score (nSPS) is 17.7. The van der Waals surface area contributed by atoms with E-state index in [1.807, 2.05) is 46.8 Å². The number of hydrogen-bond donors (Lipinski definition) is 1. The number of fused-ring (bicyclic) bond motifs is 1. The Kier molecular flexibility index (Phi) is 5.18. The fourth-order valence-electron chi connectivity index (χ4n) is 3.32. The van der Waals surface area contributed by atoms with Crippen molar-refractivity contribution in [1.82, 2.24) is 4.68 Å². The summed E-state index contributed by atoms with van der Waals surface area (Å²) in [7, 11) is 0. The monoisotopic (exact) mass is 436 g/mol. The van der Waals surface area contributed by atoms with E-state index in [0.29, 0.717) is 11.4 Å². The summed E-state index contributed by atoms with van der Waals surface area (Å²) < 4.78 is 7.42. The molecule has 1 saturated heterocycles. The lowest BCUT2D eigenvalue weighted by molar-refractivity contribution is -0.118. The minimum absolute atomic E-state index is 0.0513. The molecule has 0 spiro atoms. The lowest BCUT2D eigenvalue weighted by Gasteiger charge is -2.18. The molecular formula is C22H20N4O2S2. The van der Waals surface area contributed by atoms with Gasteiger partial charge in [0.15, 0.2) is 6.61 Å². The van der Waals surface area contributed by atoms with Gasteiger partial charge in [-0.15, -0.1) is 11.3 Å². The van der Waals surface area contributed by atoms with Crippen LogP contribution in [0.1, 0.15) is 12.0 Å². The van der Waals surface area contributed by atoms with Crippen molar-refractivity contribution in [3.05, 3.63) is 58.2 Å². The van der Waals surface area contributed by atoms with Crippen molar-refractivity contribution in [2.45, 2.75) is 13.3 Å². The van der Waals surface area contributed by atoms with Crippen LogP contribution in [0.15, 0.2) is 57.9 Å². The predicted molar refractivity (Wildman–Crippen MR) is 123 cm³/mol. The van der Waals surface area contributed by atoms with E-state index in [1.54, 1.807) is 11.3 Å². The molecule has 2 aromatic carbocycles. The zero-order valence-corrected chi connectivity index (χ0v) is 18.1. The highest BCUT2D eigenvalue weighted by atomic mass is 32.2. The zero-order valence-electron chi connectivity index (χ0n) is 16.4. The number of benzene rings is 2. The van der Waals surface area contributed by atoms with Gasteiger partial charge >= 0.3 is 0 Å². The second kappa shape index (κ2) is 8.12. The topological polar surface area (TPSA) is 68.0 Å². The third-order valence-electron chi connectivity index (χ3n) is 4.90. The number of hydrogen-bond acceptors (Lipinski definition) is 6. The van der Waals surface area contributed by atoms with Crippen molar-refractivity contribution in [1.29, 1.82) is 0 Å². The molecular weight excluding hydrogens is 416 g/mol. The molecule has 0 saturated carbocycles.